The van der Waals surface area contributed by atoms with Crippen LogP contribution in [0.1, 0.15) is 11.3 Å². The topological polar surface area (TPSA) is 13.1 Å². The molecular weight excluding hydrogens is 581 g/mol. The highest BCUT2D eigenvalue weighted by molar-refractivity contribution is 6.21. The number of hydrogen-bond donors (Lipinski definition) is 0. The van der Waals surface area contributed by atoms with Gasteiger partial charge in [0.2, 0.25) is 0 Å². The van der Waals surface area contributed by atoms with Crippen molar-refractivity contribution in [3.8, 4) is 33.4 Å². The second-order valence-electron chi connectivity index (χ2n) is 12.5. The summed E-state index contributed by atoms with van der Waals surface area (Å²) in [5, 5.41) is 8.57. The molecular formula is C47H32O. The van der Waals surface area contributed by atoms with E-state index in [9.17, 15) is 0 Å². The fraction of sp³-hybridized carbons (Fsp3) is 0.0213. The van der Waals surface area contributed by atoms with Crippen molar-refractivity contribution >= 4 is 49.4 Å². The van der Waals surface area contributed by atoms with E-state index in [2.05, 4.69) is 164 Å². The van der Waals surface area contributed by atoms with Crippen LogP contribution in [-0.4, -0.2) is 0 Å². The summed E-state index contributed by atoms with van der Waals surface area (Å²) in [5.41, 5.74) is 10.3. The van der Waals surface area contributed by atoms with Crippen molar-refractivity contribution in [2.45, 2.75) is 6.42 Å². The Morgan fingerprint density at radius 2 is 1.06 bits per heavy atom. The van der Waals surface area contributed by atoms with Gasteiger partial charge in [0.15, 0.2) is 0 Å². The molecule has 0 saturated heterocycles. The molecule has 1 heterocycles. The average molecular weight is 613 g/mol. The van der Waals surface area contributed by atoms with Crippen molar-refractivity contribution < 1.29 is 4.42 Å². The Labute approximate surface area is 280 Å². The predicted octanol–water partition coefficient (Wildman–Crippen LogP) is 13.1. The van der Waals surface area contributed by atoms with Gasteiger partial charge in [0.05, 0.1) is 0 Å². The smallest absolute Gasteiger partial charge is 0.135 e. The molecule has 0 atom stereocenters. The van der Waals surface area contributed by atoms with Gasteiger partial charge in [-0.1, -0.05) is 158 Å². The maximum atomic E-state index is 6.55. The van der Waals surface area contributed by atoms with Gasteiger partial charge in [-0.25, -0.2) is 0 Å². The lowest BCUT2D eigenvalue weighted by Gasteiger charge is -2.18. The average Bonchev–Trinajstić information content (AvgIpc) is 3.49. The zero-order valence-electron chi connectivity index (χ0n) is 26.5. The van der Waals surface area contributed by atoms with E-state index in [0.29, 0.717) is 0 Å². The zero-order chi connectivity index (χ0) is 32.0. The largest absolute Gasteiger partial charge is 0.460 e. The second kappa shape index (κ2) is 11.6. The number of benzene rings is 7. The van der Waals surface area contributed by atoms with E-state index in [0.717, 1.165) is 39.9 Å². The third-order valence-electron chi connectivity index (χ3n) is 9.61. The zero-order valence-corrected chi connectivity index (χ0v) is 26.5. The number of furan rings is 1. The Balaban J connectivity index is 1.20. The maximum absolute atomic E-state index is 6.55. The van der Waals surface area contributed by atoms with Crippen LogP contribution in [0.25, 0.3) is 82.7 Å². The molecule has 1 aliphatic carbocycles. The lowest BCUT2D eigenvalue weighted by Crippen LogP contribution is -1.91. The third-order valence-corrected chi connectivity index (χ3v) is 9.61. The lowest BCUT2D eigenvalue weighted by atomic mass is 9.85. The minimum absolute atomic E-state index is 0.737. The molecule has 0 aliphatic heterocycles. The molecule has 1 aromatic heterocycles. The van der Waals surface area contributed by atoms with Crippen LogP contribution in [0.15, 0.2) is 180 Å². The first-order valence-corrected chi connectivity index (χ1v) is 16.5. The molecule has 8 aromatic rings. The fourth-order valence-electron chi connectivity index (χ4n) is 7.28. The van der Waals surface area contributed by atoms with Gasteiger partial charge >= 0.3 is 0 Å². The van der Waals surface area contributed by atoms with E-state index >= 15 is 0 Å². The highest BCUT2D eigenvalue weighted by atomic mass is 16.3. The molecule has 0 fully saturated rings. The quantitative estimate of drug-likeness (QED) is 0.181. The highest BCUT2D eigenvalue weighted by Gasteiger charge is 2.19. The fourth-order valence-corrected chi connectivity index (χ4v) is 7.28. The van der Waals surface area contributed by atoms with Gasteiger partial charge in [-0.3, -0.25) is 0 Å². The Morgan fingerprint density at radius 1 is 0.458 bits per heavy atom. The first-order chi connectivity index (χ1) is 23.7. The summed E-state index contributed by atoms with van der Waals surface area (Å²) < 4.78 is 6.55. The monoisotopic (exact) mass is 612 g/mol. The van der Waals surface area contributed by atoms with Crippen LogP contribution < -0.4 is 0 Å². The Hall–Kier alpha value is -6.18. The molecule has 7 aromatic carbocycles. The molecule has 0 amide bonds. The maximum Gasteiger partial charge on any atom is 0.135 e. The summed E-state index contributed by atoms with van der Waals surface area (Å²) in [5.74, 6) is 0.968. The molecule has 0 spiro atoms. The molecule has 1 aliphatic rings. The summed E-state index contributed by atoms with van der Waals surface area (Å²) >= 11 is 0. The van der Waals surface area contributed by atoms with Crippen LogP contribution in [-0.2, 0) is 6.42 Å². The van der Waals surface area contributed by atoms with Gasteiger partial charge in [-0.15, -0.1) is 0 Å². The number of fused-ring (bicyclic) bond motifs is 6. The van der Waals surface area contributed by atoms with Gasteiger partial charge in [-0.05, 0) is 89.5 Å². The number of hydrogen-bond acceptors (Lipinski definition) is 1. The van der Waals surface area contributed by atoms with Gasteiger partial charge < -0.3 is 4.42 Å². The van der Waals surface area contributed by atoms with Gasteiger partial charge in [0, 0.05) is 17.4 Å². The van der Waals surface area contributed by atoms with Crippen LogP contribution in [0.4, 0.5) is 0 Å². The second-order valence-corrected chi connectivity index (χ2v) is 12.5. The summed E-state index contributed by atoms with van der Waals surface area (Å²) in [6.45, 7) is 4.16. The van der Waals surface area contributed by atoms with E-state index < -0.39 is 0 Å². The van der Waals surface area contributed by atoms with Crippen molar-refractivity contribution in [1.29, 1.82) is 0 Å². The summed E-state index contributed by atoms with van der Waals surface area (Å²) in [6, 6.07) is 48.6. The van der Waals surface area contributed by atoms with Crippen LogP contribution >= 0.6 is 0 Å². The van der Waals surface area contributed by atoms with Crippen molar-refractivity contribution in [3.63, 3.8) is 0 Å². The first-order valence-electron chi connectivity index (χ1n) is 16.5. The van der Waals surface area contributed by atoms with Crippen molar-refractivity contribution in [3.05, 3.63) is 187 Å². The Bertz CT molecular complexity index is 2580. The van der Waals surface area contributed by atoms with E-state index in [1.54, 1.807) is 0 Å². The number of allylic oxidation sites excluding steroid dienone is 6. The minimum Gasteiger partial charge on any atom is -0.460 e. The molecule has 0 saturated carbocycles. The van der Waals surface area contributed by atoms with E-state index in [1.165, 1.54) is 60.1 Å². The molecule has 0 unspecified atom stereocenters. The van der Waals surface area contributed by atoms with Crippen LogP contribution in [0, 0.1) is 0 Å². The molecule has 0 bridgehead atoms. The lowest BCUT2D eigenvalue weighted by molar-refractivity contribution is 0.564. The van der Waals surface area contributed by atoms with E-state index in [-0.39, 0.29) is 0 Å². The summed E-state index contributed by atoms with van der Waals surface area (Å²) in [7, 11) is 0. The molecule has 1 nitrogen and oxygen atoms in total. The van der Waals surface area contributed by atoms with Gasteiger partial charge in [0.1, 0.15) is 11.3 Å². The van der Waals surface area contributed by atoms with Crippen molar-refractivity contribution in [1.82, 2.24) is 0 Å². The third kappa shape index (κ3) is 4.80. The highest BCUT2D eigenvalue weighted by Crippen LogP contribution is 2.45. The van der Waals surface area contributed by atoms with Gasteiger partial charge in [0.25, 0.3) is 0 Å². The predicted molar refractivity (Wildman–Crippen MR) is 205 cm³/mol. The molecule has 0 radical (unpaired) electrons. The van der Waals surface area contributed by atoms with E-state index in [4.69, 9.17) is 4.42 Å². The molecule has 226 valence electrons. The summed E-state index contributed by atoms with van der Waals surface area (Å²) in [4.78, 5) is 0. The molecule has 9 rings (SSSR count). The van der Waals surface area contributed by atoms with Crippen molar-refractivity contribution in [2.24, 2.45) is 0 Å². The first kappa shape index (κ1) is 28.1. The Kier molecular flexibility index (Phi) is 6.76. The van der Waals surface area contributed by atoms with E-state index in [1.807, 2.05) is 12.2 Å². The minimum atomic E-state index is 0.737. The van der Waals surface area contributed by atoms with Gasteiger partial charge in [-0.2, -0.15) is 0 Å². The molecule has 0 N–H and O–H groups in total. The van der Waals surface area contributed by atoms with Crippen LogP contribution in [0.3, 0.4) is 0 Å². The molecule has 1 heteroatoms. The normalized spacial score (nSPS) is 14.5. The number of rotatable bonds is 3. The Morgan fingerprint density at radius 3 is 1.79 bits per heavy atom. The van der Waals surface area contributed by atoms with Crippen molar-refractivity contribution in [2.75, 3.05) is 0 Å². The standard InChI is InChI=1S/C47H32O/c1-31-11-3-2-4-18-44-38(27-19-31)39-28-26-37(30-45(39)48-44)47-42-16-9-7-14-40(42)46(41-15-8-10-17-43(41)47)34-23-20-33(21-24-34)36-25-22-32-12-5-6-13-35(32)29-36/h2-17,19-30H,1,18H2/b4-2-,11-3-,27-19?. The molecule has 48 heavy (non-hydrogen) atoms. The van der Waals surface area contributed by atoms with Crippen LogP contribution in [0.2, 0.25) is 0 Å². The van der Waals surface area contributed by atoms with Crippen LogP contribution in [0.5, 0.6) is 0 Å². The SMILES string of the molecule is C=C1C=Cc2c(oc3cc(-c4c5ccccc5c(-c5ccc(-c6ccc7ccccc7c6)cc5)c5ccccc45)ccc23)C/C=C\C=C/1. The summed E-state index contributed by atoms with van der Waals surface area (Å²) in [6.07, 6.45) is 13.2.